The molecule has 0 radical (unpaired) electrons. The van der Waals surface area contributed by atoms with Crippen molar-refractivity contribution < 1.29 is 18.3 Å². The van der Waals surface area contributed by atoms with Crippen LogP contribution in [0.25, 0.3) is 6.08 Å². The summed E-state index contributed by atoms with van der Waals surface area (Å²) in [5, 5.41) is 11.6. The van der Waals surface area contributed by atoms with Gasteiger partial charge in [-0.15, -0.1) is 0 Å². The summed E-state index contributed by atoms with van der Waals surface area (Å²) >= 11 is 0. The Hall–Kier alpha value is -2.19. The highest BCUT2D eigenvalue weighted by molar-refractivity contribution is 7.92. The summed E-state index contributed by atoms with van der Waals surface area (Å²) in [4.78, 5) is 2.07. The topological polar surface area (TPSA) is 70.1 Å². The zero-order valence-electron chi connectivity index (χ0n) is 17.6. The predicted octanol–water partition coefficient (Wildman–Crippen LogP) is 2.66. The molecule has 1 N–H and O–H groups in total. The molecule has 0 aromatic heterocycles. The van der Waals surface area contributed by atoms with Crippen molar-refractivity contribution in [1.29, 1.82) is 0 Å². The van der Waals surface area contributed by atoms with Crippen LogP contribution >= 0.6 is 0 Å². The Bertz CT molecular complexity index is 932. The van der Waals surface area contributed by atoms with E-state index >= 15 is 0 Å². The molecule has 1 unspecified atom stereocenters. The van der Waals surface area contributed by atoms with Crippen LogP contribution in [0.1, 0.15) is 16.7 Å². The highest BCUT2D eigenvalue weighted by atomic mass is 32.2. The normalized spacial score (nSPS) is 17.3. The van der Waals surface area contributed by atoms with E-state index in [0.717, 1.165) is 22.4 Å². The van der Waals surface area contributed by atoms with Gasteiger partial charge in [0.2, 0.25) is 10.0 Å². The summed E-state index contributed by atoms with van der Waals surface area (Å²) in [5.41, 5.74) is 3.10. The molecule has 1 heterocycles. The van der Waals surface area contributed by atoms with Gasteiger partial charge in [0.25, 0.3) is 0 Å². The molecular formula is C23H30N2O4S. The number of hydrogen-bond acceptors (Lipinski definition) is 5. The SMILES string of the molecule is Cc1cc(C)cc(OCC(O)CN2CCN(S(=O)(=O)C=Cc3ccccc3)CC2)c1. The monoisotopic (exact) mass is 430 g/mol. The molecule has 1 aliphatic heterocycles. The number of rotatable bonds is 8. The van der Waals surface area contributed by atoms with Crippen molar-refractivity contribution in [3.63, 3.8) is 0 Å². The number of aryl methyl sites for hydroxylation is 2. The molecule has 1 saturated heterocycles. The summed E-state index contributed by atoms with van der Waals surface area (Å²) in [7, 11) is -3.45. The minimum atomic E-state index is -3.45. The molecule has 1 fully saturated rings. The summed E-state index contributed by atoms with van der Waals surface area (Å²) < 4.78 is 32.3. The number of aliphatic hydroxyl groups excluding tert-OH is 1. The average molecular weight is 431 g/mol. The van der Waals surface area contributed by atoms with Crippen molar-refractivity contribution in [2.24, 2.45) is 0 Å². The minimum Gasteiger partial charge on any atom is -0.491 e. The van der Waals surface area contributed by atoms with E-state index in [1.165, 1.54) is 9.71 Å². The lowest BCUT2D eigenvalue weighted by molar-refractivity contribution is 0.0570. The molecule has 0 bridgehead atoms. The Morgan fingerprint density at radius 3 is 2.30 bits per heavy atom. The van der Waals surface area contributed by atoms with Gasteiger partial charge in [-0.25, -0.2) is 8.42 Å². The van der Waals surface area contributed by atoms with Crippen LogP contribution in [0.2, 0.25) is 0 Å². The van der Waals surface area contributed by atoms with Crippen LogP contribution in [0.15, 0.2) is 53.9 Å². The van der Waals surface area contributed by atoms with Crippen molar-refractivity contribution in [1.82, 2.24) is 9.21 Å². The smallest absolute Gasteiger partial charge is 0.236 e. The molecule has 1 atom stereocenters. The molecule has 162 valence electrons. The molecule has 0 saturated carbocycles. The number of benzene rings is 2. The van der Waals surface area contributed by atoms with Gasteiger partial charge in [-0.2, -0.15) is 4.31 Å². The van der Waals surface area contributed by atoms with Crippen LogP contribution in [0.4, 0.5) is 0 Å². The van der Waals surface area contributed by atoms with Gasteiger partial charge in [-0.1, -0.05) is 36.4 Å². The number of aliphatic hydroxyl groups is 1. The Morgan fingerprint density at radius 2 is 1.67 bits per heavy atom. The summed E-state index contributed by atoms with van der Waals surface area (Å²) in [6, 6.07) is 15.4. The summed E-state index contributed by atoms with van der Waals surface area (Å²) in [5.74, 6) is 0.757. The van der Waals surface area contributed by atoms with E-state index < -0.39 is 16.1 Å². The van der Waals surface area contributed by atoms with Crippen molar-refractivity contribution in [3.8, 4) is 5.75 Å². The zero-order chi connectivity index (χ0) is 21.6. The average Bonchev–Trinajstić information content (AvgIpc) is 2.71. The molecule has 0 aliphatic carbocycles. The first-order chi connectivity index (χ1) is 14.3. The molecular weight excluding hydrogens is 400 g/mol. The van der Waals surface area contributed by atoms with Gasteiger partial charge in [0, 0.05) is 38.1 Å². The second kappa shape index (κ2) is 10.2. The number of ether oxygens (including phenoxy) is 1. The van der Waals surface area contributed by atoms with E-state index in [1.54, 1.807) is 6.08 Å². The maximum absolute atomic E-state index is 12.6. The van der Waals surface area contributed by atoms with Crippen molar-refractivity contribution >= 4 is 16.1 Å². The zero-order valence-corrected chi connectivity index (χ0v) is 18.4. The maximum atomic E-state index is 12.6. The molecule has 3 rings (SSSR count). The molecule has 6 nitrogen and oxygen atoms in total. The van der Waals surface area contributed by atoms with Crippen LogP contribution in [-0.4, -0.2) is 68.2 Å². The van der Waals surface area contributed by atoms with E-state index in [9.17, 15) is 13.5 Å². The fraction of sp³-hybridized carbons (Fsp3) is 0.391. The second-order valence-electron chi connectivity index (χ2n) is 7.75. The Labute approximate surface area is 179 Å². The van der Waals surface area contributed by atoms with E-state index in [4.69, 9.17) is 4.74 Å². The van der Waals surface area contributed by atoms with Gasteiger partial charge in [-0.3, -0.25) is 4.90 Å². The van der Waals surface area contributed by atoms with Crippen LogP contribution < -0.4 is 4.74 Å². The quantitative estimate of drug-likeness (QED) is 0.697. The predicted molar refractivity (Wildman–Crippen MR) is 120 cm³/mol. The van der Waals surface area contributed by atoms with Crippen molar-refractivity contribution in [2.75, 3.05) is 39.3 Å². The van der Waals surface area contributed by atoms with Gasteiger partial charge < -0.3 is 9.84 Å². The van der Waals surface area contributed by atoms with E-state index in [2.05, 4.69) is 11.0 Å². The molecule has 0 amide bonds. The molecule has 7 heteroatoms. The first kappa shape index (κ1) is 22.5. The third kappa shape index (κ3) is 6.67. The minimum absolute atomic E-state index is 0.210. The number of hydrogen-bond donors (Lipinski definition) is 1. The number of β-amino-alcohol motifs (C(OH)–C–C–N with tert-alkyl or cyclic N) is 1. The van der Waals surface area contributed by atoms with Gasteiger partial charge in [0.15, 0.2) is 0 Å². The second-order valence-corrected chi connectivity index (χ2v) is 9.56. The number of nitrogens with zero attached hydrogens (tertiary/aromatic N) is 2. The maximum Gasteiger partial charge on any atom is 0.236 e. The lowest BCUT2D eigenvalue weighted by atomic mass is 10.1. The number of sulfonamides is 1. The first-order valence-electron chi connectivity index (χ1n) is 10.2. The van der Waals surface area contributed by atoms with Crippen molar-refractivity contribution in [3.05, 3.63) is 70.6 Å². The molecule has 30 heavy (non-hydrogen) atoms. The fourth-order valence-corrected chi connectivity index (χ4v) is 4.71. The molecule has 2 aromatic carbocycles. The van der Waals surface area contributed by atoms with Crippen molar-refractivity contribution in [2.45, 2.75) is 20.0 Å². The Kier molecular flexibility index (Phi) is 7.66. The van der Waals surface area contributed by atoms with Gasteiger partial charge in [-0.05, 0) is 48.7 Å². The van der Waals surface area contributed by atoms with Gasteiger partial charge >= 0.3 is 0 Å². The molecule has 1 aliphatic rings. The van der Waals surface area contributed by atoms with Crippen LogP contribution in [0.5, 0.6) is 5.75 Å². The fourth-order valence-electron chi connectivity index (χ4n) is 3.54. The molecule has 2 aromatic rings. The highest BCUT2D eigenvalue weighted by Gasteiger charge is 2.26. The molecule has 0 spiro atoms. The number of piperazine rings is 1. The lowest BCUT2D eigenvalue weighted by Gasteiger charge is -2.34. The Morgan fingerprint density at radius 1 is 1.03 bits per heavy atom. The van der Waals surface area contributed by atoms with Gasteiger partial charge in [0.05, 0.1) is 0 Å². The van der Waals surface area contributed by atoms with E-state index in [-0.39, 0.29) is 6.61 Å². The lowest BCUT2D eigenvalue weighted by Crippen LogP contribution is -2.50. The third-order valence-corrected chi connectivity index (χ3v) is 6.59. The van der Waals surface area contributed by atoms with Crippen LogP contribution in [0.3, 0.4) is 0 Å². The van der Waals surface area contributed by atoms with Crippen LogP contribution in [-0.2, 0) is 10.0 Å². The summed E-state index contributed by atoms with van der Waals surface area (Å²) in [6.07, 6.45) is 0.988. The highest BCUT2D eigenvalue weighted by Crippen LogP contribution is 2.17. The van der Waals surface area contributed by atoms with Gasteiger partial charge in [0.1, 0.15) is 18.5 Å². The Balaban J connectivity index is 1.45. The van der Waals surface area contributed by atoms with E-state index in [0.29, 0.717) is 32.7 Å². The third-order valence-electron chi connectivity index (χ3n) is 5.03. The standard InChI is InChI=1S/C23H30N2O4S/c1-19-14-20(2)16-23(15-19)29-18-22(26)17-24-9-11-25(12-10-24)30(27,28)13-8-21-6-4-3-5-7-21/h3-8,13-16,22,26H,9-12,17-18H2,1-2H3. The van der Waals surface area contributed by atoms with E-state index in [1.807, 2.05) is 56.3 Å². The first-order valence-corrected chi connectivity index (χ1v) is 11.7. The largest absolute Gasteiger partial charge is 0.491 e. The summed E-state index contributed by atoms with van der Waals surface area (Å²) in [6.45, 7) is 6.67. The van der Waals surface area contributed by atoms with Crippen LogP contribution in [0, 0.1) is 13.8 Å².